The summed E-state index contributed by atoms with van der Waals surface area (Å²) in [5.74, 6) is 1.02. The maximum atomic E-state index is 6.40. The van der Waals surface area contributed by atoms with Gasteiger partial charge in [0.05, 0.1) is 6.61 Å². The minimum absolute atomic E-state index is 0.0490. The number of likely N-dealkylation sites (N-methyl/N-ethyl adjacent to an activating group) is 1. The molecule has 1 atom stereocenters. The van der Waals surface area contributed by atoms with Gasteiger partial charge in [-0.1, -0.05) is 56.3 Å². The van der Waals surface area contributed by atoms with Gasteiger partial charge in [0.25, 0.3) is 0 Å². The Bertz CT molecular complexity index is 592. The first-order chi connectivity index (χ1) is 11.3. The smallest absolute Gasteiger partial charge is 0.109 e. The van der Waals surface area contributed by atoms with Gasteiger partial charge < -0.3 is 9.64 Å². The lowest BCUT2D eigenvalue weighted by Gasteiger charge is -2.23. The second-order valence-corrected chi connectivity index (χ2v) is 6.82. The molecule has 0 radical (unpaired) electrons. The number of thioether (sulfide) groups is 1. The Labute approximate surface area is 143 Å². The van der Waals surface area contributed by atoms with Crippen molar-refractivity contribution in [2.24, 2.45) is 0 Å². The van der Waals surface area contributed by atoms with Crippen LogP contribution in [0.15, 0.2) is 53.4 Å². The Morgan fingerprint density at radius 1 is 1.00 bits per heavy atom. The summed E-state index contributed by atoms with van der Waals surface area (Å²) in [5, 5.41) is 0. The predicted octanol–water partition coefficient (Wildman–Crippen LogP) is 4.74. The molecular formula is C20H25NOS. The highest BCUT2D eigenvalue weighted by Crippen LogP contribution is 2.40. The van der Waals surface area contributed by atoms with Crippen LogP contribution in [-0.4, -0.2) is 31.1 Å². The molecule has 1 unspecified atom stereocenters. The summed E-state index contributed by atoms with van der Waals surface area (Å²) in [7, 11) is 0. The van der Waals surface area contributed by atoms with E-state index < -0.39 is 0 Å². The molecule has 0 amide bonds. The molecule has 1 heterocycles. The maximum Gasteiger partial charge on any atom is 0.109 e. The van der Waals surface area contributed by atoms with E-state index in [2.05, 4.69) is 67.3 Å². The van der Waals surface area contributed by atoms with Gasteiger partial charge in [-0.2, -0.15) is 0 Å². The monoisotopic (exact) mass is 327 g/mol. The Kier molecular flexibility index (Phi) is 5.76. The molecule has 23 heavy (non-hydrogen) atoms. The van der Waals surface area contributed by atoms with Crippen LogP contribution in [0.25, 0.3) is 0 Å². The van der Waals surface area contributed by atoms with Crippen LogP contribution in [0.1, 0.15) is 36.6 Å². The molecule has 3 heteroatoms. The number of hydrogen-bond donors (Lipinski definition) is 0. The summed E-state index contributed by atoms with van der Waals surface area (Å²) < 4.78 is 6.40. The zero-order valence-corrected chi connectivity index (χ0v) is 14.8. The van der Waals surface area contributed by atoms with Crippen molar-refractivity contribution in [1.29, 1.82) is 0 Å². The summed E-state index contributed by atoms with van der Waals surface area (Å²) in [4.78, 5) is 3.75. The van der Waals surface area contributed by atoms with Gasteiger partial charge in [-0.05, 0) is 35.8 Å². The number of rotatable bonds is 6. The highest BCUT2D eigenvalue weighted by Gasteiger charge is 2.24. The summed E-state index contributed by atoms with van der Waals surface area (Å²) >= 11 is 1.91. The quantitative estimate of drug-likeness (QED) is 0.760. The van der Waals surface area contributed by atoms with Gasteiger partial charge in [-0.15, -0.1) is 11.8 Å². The van der Waals surface area contributed by atoms with Crippen molar-refractivity contribution in [3.8, 4) is 0 Å². The van der Waals surface area contributed by atoms with E-state index in [4.69, 9.17) is 4.74 Å². The fraction of sp³-hybridized carbons (Fsp3) is 0.400. The summed E-state index contributed by atoms with van der Waals surface area (Å²) in [6.45, 7) is 8.31. The first-order valence-corrected chi connectivity index (χ1v) is 9.45. The lowest BCUT2D eigenvalue weighted by molar-refractivity contribution is 0.0603. The largest absolute Gasteiger partial charge is 0.367 e. The molecule has 1 aliphatic rings. The highest BCUT2D eigenvalue weighted by atomic mass is 32.2. The van der Waals surface area contributed by atoms with E-state index in [9.17, 15) is 0 Å². The van der Waals surface area contributed by atoms with Gasteiger partial charge in [0, 0.05) is 17.2 Å². The third-order valence-electron chi connectivity index (χ3n) is 4.51. The minimum atomic E-state index is 0.0490. The summed E-state index contributed by atoms with van der Waals surface area (Å²) in [6.07, 6.45) is 0.0490. The molecule has 0 saturated carbocycles. The van der Waals surface area contributed by atoms with Gasteiger partial charge in [0.15, 0.2) is 0 Å². The number of ether oxygens (including phenoxy) is 1. The molecule has 2 aromatic carbocycles. The SMILES string of the molecule is CCN(CC)CCOC1c2ccccc2CSc2ccccc21. The molecular weight excluding hydrogens is 302 g/mol. The standard InChI is InChI=1S/C20H25NOS/c1-3-21(4-2)13-14-22-20-17-10-6-5-9-16(17)15-23-19-12-8-7-11-18(19)20/h5-12,20H,3-4,13-15H2,1-2H3. The van der Waals surface area contributed by atoms with Crippen molar-refractivity contribution in [2.45, 2.75) is 30.6 Å². The molecule has 0 aromatic heterocycles. The van der Waals surface area contributed by atoms with Crippen molar-refractivity contribution >= 4 is 11.8 Å². The highest BCUT2D eigenvalue weighted by molar-refractivity contribution is 7.98. The maximum absolute atomic E-state index is 6.40. The van der Waals surface area contributed by atoms with E-state index in [-0.39, 0.29) is 6.10 Å². The van der Waals surface area contributed by atoms with Crippen LogP contribution in [0.2, 0.25) is 0 Å². The van der Waals surface area contributed by atoms with Crippen molar-refractivity contribution in [1.82, 2.24) is 4.90 Å². The zero-order chi connectivity index (χ0) is 16.1. The van der Waals surface area contributed by atoms with Crippen LogP contribution in [0.5, 0.6) is 0 Å². The third-order valence-corrected chi connectivity index (χ3v) is 5.65. The zero-order valence-electron chi connectivity index (χ0n) is 14.0. The van der Waals surface area contributed by atoms with Crippen LogP contribution in [0.3, 0.4) is 0 Å². The van der Waals surface area contributed by atoms with Gasteiger partial charge in [0.2, 0.25) is 0 Å². The average molecular weight is 327 g/mol. The molecule has 2 aromatic rings. The molecule has 0 saturated heterocycles. The molecule has 122 valence electrons. The van der Waals surface area contributed by atoms with E-state index in [1.165, 1.54) is 21.6 Å². The van der Waals surface area contributed by atoms with E-state index in [1.54, 1.807) is 0 Å². The normalized spacial score (nSPS) is 16.7. The molecule has 0 spiro atoms. The molecule has 0 fully saturated rings. The Morgan fingerprint density at radius 2 is 1.70 bits per heavy atom. The second-order valence-electron chi connectivity index (χ2n) is 5.80. The van der Waals surface area contributed by atoms with E-state index >= 15 is 0 Å². The number of hydrogen-bond acceptors (Lipinski definition) is 3. The first-order valence-electron chi connectivity index (χ1n) is 8.47. The van der Waals surface area contributed by atoms with Gasteiger partial charge >= 0.3 is 0 Å². The predicted molar refractivity (Wildman–Crippen MR) is 98.0 cm³/mol. The lowest BCUT2D eigenvalue weighted by atomic mass is 9.97. The van der Waals surface area contributed by atoms with Gasteiger partial charge in [-0.3, -0.25) is 0 Å². The van der Waals surface area contributed by atoms with Gasteiger partial charge in [0.1, 0.15) is 6.10 Å². The van der Waals surface area contributed by atoms with Gasteiger partial charge in [-0.25, -0.2) is 0 Å². The molecule has 2 nitrogen and oxygen atoms in total. The van der Waals surface area contributed by atoms with Crippen LogP contribution in [-0.2, 0) is 10.5 Å². The average Bonchev–Trinajstić information content (AvgIpc) is 2.76. The first kappa shape index (κ1) is 16.6. The molecule has 3 rings (SSSR count). The fourth-order valence-corrected chi connectivity index (χ4v) is 4.18. The van der Waals surface area contributed by atoms with Crippen LogP contribution < -0.4 is 0 Å². The van der Waals surface area contributed by atoms with E-state index in [0.29, 0.717) is 0 Å². The molecule has 0 N–H and O–H groups in total. The molecule has 0 bridgehead atoms. The van der Waals surface area contributed by atoms with Crippen LogP contribution in [0, 0.1) is 0 Å². The third kappa shape index (κ3) is 3.79. The number of benzene rings is 2. The van der Waals surface area contributed by atoms with Crippen molar-refractivity contribution in [3.63, 3.8) is 0 Å². The summed E-state index contributed by atoms with van der Waals surface area (Å²) in [6, 6.07) is 17.4. The van der Waals surface area contributed by atoms with Crippen LogP contribution in [0.4, 0.5) is 0 Å². The van der Waals surface area contributed by atoms with Crippen molar-refractivity contribution in [2.75, 3.05) is 26.2 Å². The molecule has 0 aliphatic carbocycles. The Balaban J connectivity index is 1.85. The minimum Gasteiger partial charge on any atom is -0.367 e. The summed E-state index contributed by atoms with van der Waals surface area (Å²) in [5.41, 5.74) is 4.02. The van der Waals surface area contributed by atoms with Crippen LogP contribution >= 0.6 is 11.8 Å². The molecule has 1 aliphatic heterocycles. The lowest BCUT2D eigenvalue weighted by Crippen LogP contribution is -2.27. The second kappa shape index (κ2) is 8.00. The number of nitrogens with zero attached hydrogens (tertiary/aromatic N) is 1. The van der Waals surface area contributed by atoms with Crippen molar-refractivity contribution in [3.05, 3.63) is 65.2 Å². The topological polar surface area (TPSA) is 12.5 Å². The fourth-order valence-electron chi connectivity index (χ4n) is 3.09. The van der Waals surface area contributed by atoms with E-state index in [1.807, 2.05) is 11.8 Å². The number of fused-ring (bicyclic) bond motifs is 2. The Hall–Kier alpha value is -1.29. The van der Waals surface area contributed by atoms with Crippen molar-refractivity contribution < 1.29 is 4.74 Å². The van der Waals surface area contributed by atoms with E-state index in [0.717, 1.165) is 32.0 Å². The Morgan fingerprint density at radius 3 is 2.48 bits per heavy atom.